The summed E-state index contributed by atoms with van der Waals surface area (Å²) in [5, 5.41) is 22.4. The molecule has 0 radical (unpaired) electrons. The minimum Gasteiger partial charge on any atom is -0.321 e. The Kier molecular flexibility index (Phi) is 4.85. The van der Waals surface area contributed by atoms with E-state index >= 15 is 0 Å². The van der Waals surface area contributed by atoms with Crippen molar-refractivity contribution < 1.29 is 9.72 Å². The first-order chi connectivity index (χ1) is 11.0. The smallest absolute Gasteiger partial charge is 0.271 e. The van der Waals surface area contributed by atoms with Crippen LogP contribution in [-0.2, 0) is 4.79 Å². The van der Waals surface area contributed by atoms with E-state index in [0.717, 1.165) is 11.1 Å². The number of nitrogens with one attached hydrogen (secondary N) is 1. The Morgan fingerprint density at radius 3 is 2.65 bits per heavy atom. The number of rotatable bonds is 4. The van der Waals surface area contributed by atoms with Crippen molar-refractivity contribution in [1.29, 1.82) is 5.26 Å². The van der Waals surface area contributed by atoms with E-state index in [1.165, 1.54) is 30.3 Å². The number of carbonyl (C=O) groups is 1. The van der Waals surface area contributed by atoms with Crippen molar-refractivity contribution in [1.82, 2.24) is 0 Å². The summed E-state index contributed by atoms with van der Waals surface area (Å²) in [6, 6.07) is 14.7. The number of benzene rings is 2. The van der Waals surface area contributed by atoms with Crippen molar-refractivity contribution in [2.24, 2.45) is 0 Å². The van der Waals surface area contributed by atoms with Crippen LogP contribution in [0, 0.1) is 28.4 Å². The fraction of sp³-hybridized carbons (Fsp3) is 0.0588. The zero-order valence-corrected chi connectivity index (χ0v) is 12.3. The van der Waals surface area contributed by atoms with Gasteiger partial charge in [0.15, 0.2) is 0 Å². The van der Waals surface area contributed by atoms with Crippen molar-refractivity contribution in [3.8, 4) is 6.07 Å². The van der Waals surface area contributed by atoms with Crippen LogP contribution in [-0.4, -0.2) is 10.8 Å². The number of carbonyl (C=O) groups excluding carboxylic acids is 1. The number of nitro benzene ring substituents is 1. The van der Waals surface area contributed by atoms with Crippen LogP contribution in [0.2, 0.25) is 0 Å². The lowest BCUT2D eigenvalue weighted by atomic mass is 10.1. The zero-order valence-electron chi connectivity index (χ0n) is 12.3. The summed E-state index contributed by atoms with van der Waals surface area (Å²) in [5.41, 5.74) is 1.74. The number of anilines is 1. The first-order valence-corrected chi connectivity index (χ1v) is 6.74. The van der Waals surface area contributed by atoms with E-state index in [9.17, 15) is 20.2 Å². The topological polar surface area (TPSA) is 96.0 Å². The molecule has 6 heteroatoms. The Labute approximate surface area is 132 Å². The average Bonchev–Trinajstić information content (AvgIpc) is 2.54. The van der Waals surface area contributed by atoms with E-state index in [2.05, 4.69) is 5.32 Å². The molecule has 2 aromatic carbocycles. The van der Waals surface area contributed by atoms with Crippen molar-refractivity contribution in [2.75, 3.05) is 5.32 Å². The second-order valence-electron chi connectivity index (χ2n) is 4.79. The Morgan fingerprint density at radius 2 is 2.00 bits per heavy atom. The third-order valence-electron chi connectivity index (χ3n) is 3.17. The van der Waals surface area contributed by atoms with Gasteiger partial charge in [0.25, 0.3) is 11.6 Å². The molecule has 0 fully saturated rings. The highest BCUT2D eigenvalue weighted by atomic mass is 16.6. The number of nitriles is 1. The molecule has 0 saturated heterocycles. The third kappa shape index (κ3) is 4.02. The second kappa shape index (κ2) is 7.00. The fourth-order valence-electron chi connectivity index (χ4n) is 1.95. The van der Waals surface area contributed by atoms with Gasteiger partial charge in [-0.15, -0.1) is 0 Å². The Bertz CT molecular complexity index is 835. The normalized spacial score (nSPS) is 10.7. The molecule has 0 saturated carbocycles. The van der Waals surface area contributed by atoms with Crippen LogP contribution in [0.25, 0.3) is 6.08 Å². The van der Waals surface area contributed by atoms with Crippen molar-refractivity contribution >= 4 is 23.4 Å². The van der Waals surface area contributed by atoms with E-state index in [0.29, 0.717) is 0 Å². The molecular formula is C17H13N3O3. The maximum absolute atomic E-state index is 12.2. The summed E-state index contributed by atoms with van der Waals surface area (Å²) in [7, 11) is 0. The minimum atomic E-state index is -0.615. The maximum atomic E-state index is 12.2. The highest BCUT2D eigenvalue weighted by Crippen LogP contribution is 2.18. The number of aryl methyl sites for hydroxylation is 1. The monoisotopic (exact) mass is 307 g/mol. The van der Waals surface area contributed by atoms with E-state index < -0.39 is 10.8 Å². The van der Waals surface area contributed by atoms with Gasteiger partial charge in [0.2, 0.25) is 0 Å². The van der Waals surface area contributed by atoms with Gasteiger partial charge in [0, 0.05) is 17.8 Å². The zero-order chi connectivity index (χ0) is 16.8. The summed E-state index contributed by atoms with van der Waals surface area (Å²) < 4.78 is 0. The van der Waals surface area contributed by atoms with Crippen LogP contribution in [0.3, 0.4) is 0 Å². The van der Waals surface area contributed by atoms with E-state index in [1.54, 1.807) is 6.07 Å². The number of nitrogens with zero attached hydrogens (tertiary/aromatic N) is 2. The fourth-order valence-corrected chi connectivity index (χ4v) is 1.95. The molecule has 0 spiro atoms. The van der Waals surface area contributed by atoms with E-state index in [4.69, 9.17) is 0 Å². The van der Waals surface area contributed by atoms with Crippen LogP contribution < -0.4 is 5.32 Å². The molecule has 0 bridgehead atoms. The molecular weight excluding hydrogens is 294 g/mol. The SMILES string of the molecule is Cc1ccccc1/C=C(/C#N)C(=O)Nc1cccc([N+](=O)[O-])c1. The highest BCUT2D eigenvalue weighted by Gasteiger charge is 2.12. The molecule has 0 aliphatic heterocycles. The molecule has 0 atom stereocenters. The number of nitro groups is 1. The molecule has 2 aromatic rings. The second-order valence-corrected chi connectivity index (χ2v) is 4.79. The van der Waals surface area contributed by atoms with Crippen LogP contribution in [0.1, 0.15) is 11.1 Å². The number of hydrogen-bond acceptors (Lipinski definition) is 4. The van der Waals surface area contributed by atoms with Crippen LogP contribution >= 0.6 is 0 Å². The largest absolute Gasteiger partial charge is 0.321 e. The molecule has 1 amide bonds. The van der Waals surface area contributed by atoms with Crippen LogP contribution in [0.15, 0.2) is 54.1 Å². The van der Waals surface area contributed by atoms with Crippen LogP contribution in [0.4, 0.5) is 11.4 Å². The molecule has 0 aliphatic rings. The quantitative estimate of drug-likeness (QED) is 0.405. The first kappa shape index (κ1) is 15.9. The van der Waals surface area contributed by atoms with Gasteiger partial charge in [-0.2, -0.15) is 5.26 Å². The molecule has 0 heterocycles. The minimum absolute atomic E-state index is 0.0780. The van der Waals surface area contributed by atoms with Gasteiger partial charge < -0.3 is 5.32 Å². The molecule has 0 aromatic heterocycles. The van der Waals surface area contributed by atoms with Crippen LogP contribution in [0.5, 0.6) is 0 Å². The molecule has 114 valence electrons. The summed E-state index contributed by atoms with van der Waals surface area (Å²) in [6.45, 7) is 1.87. The van der Waals surface area contributed by atoms with Gasteiger partial charge in [-0.1, -0.05) is 30.3 Å². The summed E-state index contributed by atoms with van der Waals surface area (Å²) in [4.78, 5) is 22.4. The molecule has 1 N–H and O–H groups in total. The lowest BCUT2D eigenvalue weighted by Crippen LogP contribution is -2.13. The molecule has 0 unspecified atom stereocenters. The lowest BCUT2D eigenvalue weighted by molar-refractivity contribution is -0.384. The number of non-ortho nitro benzene ring substituents is 1. The maximum Gasteiger partial charge on any atom is 0.271 e. The van der Waals surface area contributed by atoms with Gasteiger partial charge in [0.05, 0.1) is 4.92 Å². The van der Waals surface area contributed by atoms with Crippen molar-refractivity contribution in [2.45, 2.75) is 6.92 Å². The van der Waals surface area contributed by atoms with E-state index in [1.807, 2.05) is 31.2 Å². The highest BCUT2D eigenvalue weighted by molar-refractivity contribution is 6.09. The molecule has 23 heavy (non-hydrogen) atoms. The predicted octanol–water partition coefficient (Wildman–Crippen LogP) is 3.45. The molecule has 0 aliphatic carbocycles. The van der Waals surface area contributed by atoms with Gasteiger partial charge in [-0.05, 0) is 30.2 Å². The average molecular weight is 307 g/mol. The number of amides is 1. The first-order valence-electron chi connectivity index (χ1n) is 6.74. The summed E-state index contributed by atoms with van der Waals surface area (Å²) in [5.74, 6) is -0.615. The predicted molar refractivity (Wildman–Crippen MR) is 86.5 cm³/mol. The standard InChI is InChI=1S/C17H13N3O3/c1-12-5-2-3-6-13(12)9-14(11-18)17(21)19-15-7-4-8-16(10-15)20(22)23/h2-10H,1H3,(H,19,21)/b14-9-. The molecule has 2 rings (SSSR count). The third-order valence-corrected chi connectivity index (χ3v) is 3.17. The summed E-state index contributed by atoms with van der Waals surface area (Å²) in [6.07, 6.45) is 1.49. The Hall–Kier alpha value is -3.46. The Balaban J connectivity index is 2.25. The van der Waals surface area contributed by atoms with Crippen molar-refractivity contribution in [3.05, 3.63) is 75.3 Å². The summed E-state index contributed by atoms with van der Waals surface area (Å²) >= 11 is 0. The molecule has 6 nitrogen and oxygen atoms in total. The van der Waals surface area contributed by atoms with E-state index in [-0.39, 0.29) is 16.9 Å². The number of hydrogen-bond donors (Lipinski definition) is 1. The Morgan fingerprint density at radius 1 is 1.26 bits per heavy atom. The van der Waals surface area contributed by atoms with Gasteiger partial charge in [-0.3, -0.25) is 14.9 Å². The van der Waals surface area contributed by atoms with Gasteiger partial charge >= 0.3 is 0 Å². The van der Waals surface area contributed by atoms with Gasteiger partial charge in [-0.25, -0.2) is 0 Å². The lowest BCUT2D eigenvalue weighted by Gasteiger charge is -2.05. The van der Waals surface area contributed by atoms with Crippen molar-refractivity contribution in [3.63, 3.8) is 0 Å². The van der Waals surface area contributed by atoms with Gasteiger partial charge in [0.1, 0.15) is 11.6 Å².